The van der Waals surface area contributed by atoms with E-state index in [-0.39, 0.29) is 11.8 Å². The van der Waals surface area contributed by atoms with Crippen molar-refractivity contribution in [1.82, 2.24) is 5.32 Å². The van der Waals surface area contributed by atoms with Crippen LogP contribution >= 0.6 is 0 Å². The van der Waals surface area contributed by atoms with Crippen molar-refractivity contribution in [2.75, 3.05) is 13.1 Å². The van der Waals surface area contributed by atoms with Gasteiger partial charge in [-0.1, -0.05) is 27.2 Å². The number of hydrogen-bond acceptors (Lipinski definition) is 2. The minimum Gasteiger partial charge on any atom is -0.356 e. The topological polar surface area (TPSA) is 55.1 Å². The van der Waals surface area contributed by atoms with Gasteiger partial charge in [-0.15, -0.1) is 0 Å². The van der Waals surface area contributed by atoms with Gasteiger partial charge >= 0.3 is 0 Å². The highest BCUT2D eigenvalue weighted by Crippen LogP contribution is 2.14. The summed E-state index contributed by atoms with van der Waals surface area (Å²) in [6.07, 6.45) is 2.99. The van der Waals surface area contributed by atoms with Crippen LogP contribution < -0.4 is 11.1 Å². The lowest BCUT2D eigenvalue weighted by molar-refractivity contribution is -0.125. The number of nitrogens with one attached hydrogen (secondary N) is 1. The van der Waals surface area contributed by atoms with Crippen molar-refractivity contribution in [1.29, 1.82) is 0 Å². The zero-order valence-electron chi connectivity index (χ0n) is 9.68. The first-order chi connectivity index (χ1) is 6.65. The molecule has 0 bridgehead atoms. The van der Waals surface area contributed by atoms with E-state index >= 15 is 0 Å². The molecule has 0 aromatic rings. The highest BCUT2D eigenvalue weighted by molar-refractivity contribution is 5.78. The molecule has 2 atom stereocenters. The van der Waals surface area contributed by atoms with Gasteiger partial charge in [0, 0.05) is 13.1 Å². The van der Waals surface area contributed by atoms with Crippen molar-refractivity contribution in [3.05, 3.63) is 0 Å². The van der Waals surface area contributed by atoms with Crippen molar-refractivity contribution in [2.24, 2.45) is 17.6 Å². The number of rotatable bonds is 7. The summed E-state index contributed by atoms with van der Waals surface area (Å²) in [6.45, 7) is 7.57. The molecule has 0 aromatic heterocycles. The number of nitrogens with two attached hydrogens (primary N) is 1. The molecule has 0 heterocycles. The Bertz CT molecular complexity index is 159. The van der Waals surface area contributed by atoms with E-state index in [9.17, 15) is 4.79 Å². The Balaban J connectivity index is 3.92. The Kier molecular flexibility index (Phi) is 7.48. The Morgan fingerprint density at radius 1 is 1.43 bits per heavy atom. The largest absolute Gasteiger partial charge is 0.356 e. The molecule has 0 aromatic carbocycles. The first-order valence-corrected chi connectivity index (χ1v) is 5.63. The van der Waals surface area contributed by atoms with Crippen LogP contribution in [0.2, 0.25) is 0 Å². The SMILES string of the molecule is CCCNC(=O)C(CN)CC(C)CC. The normalized spacial score (nSPS) is 14.9. The number of carbonyl (C=O) groups excluding carboxylic acids is 1. The Labute approximate surface area is 87.4 Å². The molecular weight excluding hydrogens is 176 g/mol. The molecule has 3 nitrogen and oxygen atoms in total. The van der Waals surface area contributed by atoms with Gasteiger partial charge in [0.25, 0.3) is 0 Å². The highest BCUT2D eigenvalue weighted by Gasteiger charge is 2.18. The van der Waals surface area contributed by atoms with Crippen LogP contribution in [-0.4, -0.2) is 19.0 Å². The van der Waals surface area contributed by atoms with Crippen LogP contribution in [0, 0.1) is 11.8 Å². The van der Waals surface area contributed by atoms with Gasteiger partial charge in [-0.3, -0.25) is 4.79 Å². The fourth-order valence-corrected chi connectivity index (χ4v) is 1.36. The first kappa shape index (κ1) is 13.4. The third-order valence-corrected chi connectivity index (χ3v) is 2.59. The Hall–Kier alpha value is -0.570. The van der Waals surface area contributed by atoms with E-state index in [2.05, 4.69) is 19.2 Å². The molecule has 3 N–H and O–H groups in total. The standard InChI is InChI=1S/C11H24N2O/c1-4-6-13-11(14)10(8-12)7-9(3)5-2/h9-10H,4-8,12H2,1-3H3,(H,13,14). The summed E-state index contributed by atoms with van der Waals surface area (Å²) in [5, 5.41) is 2.89. The molecule has 0 saturated carbocycles. The zero-order valence-corrected chi connectivity index (χ0v) is 9.68. The van der Waals surface area contributed by atoms with E-state index in [0.29, 0.717) is 12.5 Å². The van der Waals surface area contributed by atoms with Crippen LogP contribution in [0.1, 0.15) is 40.0 Å². The van der Waals surface area contributed by atoms with E-state index in [1.807, 2.05) is 6.92 Å². The van der Waals surface area contributed by atoms with Crippen molar-refractivity contribution in [3.63, 3.8) is 0 Å². The average Bonchev–Trinajstić information content (AvgIpc) is 2.21. The molecule has 0 spiro atoms. The van der Waals surface area contributed by atoms with E-state index < -0.39 is 0 Å². The lowest BCUT2D eigenvalue weighted by Crippen LogP contribution is -2.36. The van der Waals surface area contributed by atoms with Gasteiger partial charge in [0.2, 0.25) is 5.91 Å². The molecular formula is C11H24N2O. The van der Waals surface area contributed by atoms with E-state index in [4.69, 9.17) is 5.73 Å². The molecule has 0 aliphatic carbocycles. The van der Waals surface area contributed by atoms with Crippen LogP contribution in [0.15, 0.2) is 0 Å². The summed E-state index contributed by atoms with van der Waals surface area (Å²) >= 11 is 0. The number of amides is 1. The van der Waals surface area contributed by atoms with Gasteiger partial charge in [0.1, 0.15) is 0 Å². The summed E-state index contributed by atoms with van der Waals surface area (Å²) in [5.41, 5.74) is 5.59. The summed E-state index contributed by atoms with van der Waals surface area (Å²) in [6, 6.07) is 0. The average molecular weight is 200 g/mol. The van der Waals surface area contributed by atoms with Crippen LogP contribution in [-0.2, 0) is 4.79 Å². The van der Waals surface area contributed by atoms with Gasteiger partial charge in [0.05, 0.1) is 5.92 Å². The van der Waals surface area contributed by atoms with Crippen LogP contribution in [0.5, 0.6) is 0 Å². The summed E-state index contributed by atoms with van der Waals surface area (Å²) in [4.78, 5) is 11.6. The van der Waals surface area contributed by atoms with Crippen molar-refractivity contribution in [2.45, 2.75) is 40.0 Å². The number of hydrogen-bond donors (Lipinski definition) is 2. The second-order valence-corrected chi connectivity index (χ2v) is 3.97. The fraction of sp³-hybridized carbons (Fsp3) is 0.909. The number of carbonyl (C=O) groups is 1. The molecule has 0 fully saturated rings. The maximum absolute atomic E-state index is 11.6. The third kappa shape index (κ3) is 5.22. The maximum Gasteiger partial charge on any atom is 0.224 e. The molecule has 0 aliphatic heterocycles. The summed E-state index contributed by atoms with van der Waals surface area (Å²) < 4.78 is 0. The van der Waals surface area contributed by atoms with Gasteiger partial charge in [0.15, 0.2) is 0 Å². The molecule has 0 aliphatic rings. The molecule has 0 radical (unpaired) electrons. The molecule has 1 amide bonds. The van der Waals surface area contributed by atoms with Crippen molar-refractivity contribution in [3.8, 4) is 0 Å². The lowest BCUT2D eigenvalue weighted by atomic mass is 9.93. The fourth-order valence-electron chi connectivity index (χ4n) is 1.36. The quantitative estimate of drug-likeness (QED) is 0.654. The second kappa shape index (κ2) is 7.80. The van der Waals surface area contributed by atoms with Crippen LogP contribution in [0.3, 0.4) is 0 Å². The zero-order chi connectivity index (χ0) is 11.0. The van der Waals surface area contributed by atoms with Crippen LogP contribution in [0.4, 0.5) is 0 Å². The maximum atomic E-state index is 11.6. The van der Waals surface area contributed by atoms with E-state index in [1.54, 1.807) is 0 Å². The minimum atomic E-state index is -0.00324. The Morgan fingerprint density at radius 3 is 2.50 bits per heavy atom. The lowest BCUT2D eigenvalue weighted by Gasteiger charge is -2.17. The van der Waals surface area contributed by atoms with Crippen molar-refractivity contribution < 1.29 is 4.79 Å². The molecule has 0 saturated heterocycles. The molecule has 2 unspecified atom stereocenters. The molecule has 84 valence electrons. The van der Waals surface area contributed by atoms with Gasteiger partial charge in [-0.25, -0.2) is 0 Å². The predicted octanol–water partition coefficient (Wildman–Crippen LogP) is 1.52. The molecule has 3 heteroatoms. The smallest absolute Gasteiger partial charge is 0.224 e. The van der Waals surface area contributed by atoms with E-state index in [1.165, 1.54) is 0 Å². The first-order valence-electron chi connectivity index (χ1n) is 5.63. The molecule has 14 heavy (non-hydrogen) atoms. The van der Waals surface area contributed by atoms with Crippen molar-refractivity contribution >= 4 is 5.91 Å². The highest BCUT2D eigenvalue weighted by atomic mass is 16.1. The Morgan fingerprint density at radius 2 is 2.07 bits per heavy atom. The van der Waals surface area contributed by atoms with Crippen LogP contribution in [0.25, 0.3) is 0 Å². The van der Waals surface area contributed by atoms with Gasteiger partial charge in [-0.05, 0) is 18.8 Å². The molecule has 0 rings (SSSR count). The van der Waals surface area contributed by atoms with Gasteiger partial charge < -0.3 is 11.1 Å². The van der Waals surface area contributed by atoms with E-state index in [0.717, 1.165) is 25.8 Å². The van der Waals surface area contributed by atoms with Gasteiger partial charge in [-0.2, -0.15) is 0 Å². The summed E-state index contributed by atoms with van der Waals surface area (Å²) in [7, 11) is 0. The summed E-state index contributed by atoms with van der Waals surface area (Å²) in [5.74, 6) is 0.696. The monoisotopic (exact) mass is 200 g/mol. The predicted molar refractivity (Wildman–Crippen MR) is 59.9 cm³/mol. The second-order valence-electron chi connectivity index (χ2n) is 3.97. The third-order valence-electron chi connectivity index (χ3n) is 2.59. The minimum absolute atomic E-state index is 0.00324.